The summed E-state index contributed by atoms with van der Waals surface area (Å²) in [7, 11) is 0. The van der Waals surface area contributed by atoms with Gasteiger partial charge in [-0.3, -0.25) is 0 Å². The number of alkyl halides is 1. The molecule has 0 aliphatic rings. The first-order chi connectivity index (χ1) is 10.2. The second-order valence-electron chi connectivity index (χ2n) is 4.54. The fraction of sp³-hybridized carbons (Fsp3) is 0.0588. The highest BCUT2D eigenvalue weighted by Crippen LogP contribution is 2.37. The Labute approximate surface area is 141 Å². The lowest BCUT2D eigenvalue weighted by Gasteiger charge is -2.13. The molecule has 106 valence electrons. The molecule has 0 spiro atoms. The van der Waals surface area contributed by atoms with Crippen molar-refractivity contribution in [2.45, 2.75) is 5.33 Å². The summed E-state index contributed by atoms with van der Waals surface area (Å²) < 4.78 is 6.08. The maximum absolute atomic E-state index is 6.23. The van der Waals surface area contributed by atoms with Gasteiger partial charge in [-0.05, 0) is 24.3 Å². The van der Waals surface area contributed by atoms with Gasteiger partial charge in [0.15, 0.2) is 0 Å². The maximum atomic E-state index is 6.23. The highest BCUT2D eigenvalue weighted by Gasteiger charge is 2.11. The van der Waals surface area contributed by atoms with Gasteiger partial charge in [-0.2, -0.15) is 0 Å². The average Bonchev–Trinajstić information content (AvgIpc) is 2.51. The molecule has 0 heterocycles. The van der Waals surface area contributed by atoms with Crippen molar-refractivity contribution >= 4 is 49.9 Å². The number of hydrogen-bond acceptors (Lipinski definition) is 1. The summed E-state index contributed by atoms with van der Waals surface area (Å²) in [6.07, 6.45) is 0. The van der Waals surface area contributed by atoms with Gasteiger partial charge < -0.3 is 4.74 Å². The maximum Gasteiger partial charge on any atom is 0.135 e. The number of benzene rings is 3. The summed E-state index contributed by atoms with van der Waals surface area (Å²) in [5, 5.41) is 3.98. The van der Waals surface area contributed by atoms with Crippen LogP contribution in [-0.2, 0) is 5.33 Å². The fourth-order valence-electron chi connectivity index (χ4n) is 2.21. The van der Waals surface area contributed by atoms with Gasteiger partial charge in [-0.15, -0.1) is 0 Å². The molecular weight excluding hydrogens is 371 g/mol. The summed E-state index contributed by atoms with van der Waals surface area (Å²) >= 11 is 15.9. The van der Waals surface area contributed by atoms with Crippen LogP contribution in [0.25, 0.3) is 10.8 Å². The zero-order chi connectivity index (χ0) is 14.8. The lowest BCUT2D eigenvalue weighted by molar-refractivity contribution is 0.484. The van der Waals surface area contributed by atoms with Crippen LogP contribution < -0.4 is 4.74 Å². The lowest BCUT2D eigenvalue weighted by atomic mass is 10.1. The minimum atomic E-state index is 0.632. The summed E-state index contributed by atoms with van der Waals surface area (Å²) in [5.41, 5.74) is 0.929. The van der Waals surface area contributed by atoms with E-state index in [1.54, 1.807) is 0 Å². The van der Waals surface area contributed by atoms with Gasteiger partial charge in [-0.25, -0.2) is 0 Å². The predicted octanol–water partition coefficient (Wildman–Crippen LogP) is 6.83. The smallest absolute Gasteiger partial charge is 0.135 e. The molecule has 0 amide bonds. The van der Waals surface area contributed by atoms with Crippen LogP contribution in [0.4, 0.5) is 0 Å². The molecule has 3 aromatic rings. The molecule has 3 rings (SSSR count). The third-order valence-corrected chi connectivity index (χ3v) is 4.50. The SMILES string of the molecule is Clc1cccc(Oc2ccc(Cl)c3ccccc23)c1CBr. The zero-order valence-corrected chi connectivity index (χ0v) is 14.0. The second kappa shape index (κ2) is 6.27. The normalized spacial score (nSPS) is 10.8. The van der Waals surface area contributed by atoms with Crippen LogP contribution in [0.5, 0.6) is 11.5 Å². The van der Waals surface area contributed by atoms with Crippen LogP contribution in [0.15, 0.2) is 54.6 Å². The molecule has 1 nitrogen and oxygen atoms in total. The van der Waals surface area contributed by atoms with Crippen molar-refractivity contribution in [3.05, 3.63) is 70.2 Å². The Morgan fingerprint density at radius 3 is 2.29 bits per heavy atom. The number of rotatable bonds is 3. The Hall–Kier alpha value is -1.22. The minimum absolute atomic E-state index is 0.632. The molecule has 0 radical (unpaired) electrons. The van der Waals surface area contributed by atoms with Crippen LogP contribution in [0.1, 0.15) is 5.56 Å². The molecule has 0 bridgehead atoms. The Kier molecular flexibility index (Phi) is 4.39. The molecule has 21 heavy (non-hydrogen) atoms. The third kappa shape index (κ3) is 2.89. The van der Waals surface area contributed by atoms with Crippen molar-refractivity contribution in [2.24, 2.45) is 0 Å². The fourth-order valence-corrected chi connectivity index (χ4v) is 3.41. The monoisotopic (exact) mass is 380 g/mol. The summed E-state index contributed by atoms with van der Waals surface area (Å²) in [6.45, 7) is 0. The van der Waals surface area contributed by atoms with Gasteiger partial charge in [0.2, 0.25) is 0 Å². The highest BCUT2D eigenvalue weighted by molar-refractivity contribution is 9.08. The van der Waals surface area contributed by atoms with E-state index in [4.69, 9.17) is 27.9 Å². The van der Waals surface area contributed by atoms with E-state index in [1.807, 2.05) is 54.6 Å². The topological polar surface area (TPSA) is 9.23 Å². The van der Waals surface area contributed by atoms with Gasteiger partial charge >= 0.3 is 0 Å². The molecule has 4 heteroatoms. The van der Waals surface area contributed by atoms with Crippen LogP contribution >= 0.6 is 39.1 Å². The summed E-state index contributed by atoms with van der Waals surface area (Å²) in [4.78, 5) is 0. The van der Waals surface area contributed by atoms with Crippen LogP contribution in [0.3, 0.4) is 0 Å². The highest BCUT2D eigenvalue weighted by atomic mass is 79.9. The molecule has 3 aromatic carbocycles. The number of halogens is 3. The molecule has 0 saturated carbocycles. The van der Waals surface area contributed by atoms with E-state index in [9.17, 15) is 0 Å². The van der Waals surface area contributed by atoms with Crippen molar-refractivity contribution in [3.63, 3.8) is 0 Å². The standard InChI is InChI=1S/C17H11BrCl2O/c18-10-13-14(19)6-3-7-16(13)21-17-9-8-15(20)11-4-1-2-5-12(11)17/h1-9H,10H2. The van der Waals surface area contributed by atoms with E-state index < -0.39 is 0 Å². The van der Waals surface area contributed by atoms with Gasteiger partial charge in [0, 0.05) is 31.7 Å². The van der Waals surface area contributed by atoms with E-state index >= 15 is 0 Å². The molecule has 0 aliphatic heterocycles. The van der Waals surface area contributed by atoms with Crippen molar-refractivity contribution < 1.29 is 4.74 Å². The molecule has 0 aliphatic carbocycles. The van der Waals surface area contributed by atoms with Crippen molar-refractivity contribution in [1.29, 1.82) is 0 Å². The van der Waals surface area contributed by atoms with Crippen molar-refractivity contribution in [3.8, 4) is 11.5 Å². The Bertz CT molecular complexity index is 802. The van der Waals surface area contributed by atoms with Crippen molar-refractivity contribution in [1.82, 2.24) is 0 Å². The first kappa shape index (κ1) is 14.7. The Morgan fingerprint density at radius 1 is 0.762 bits per heavy atom. The van der Waals surface area contributed by atoms with E-state index in [0.29, 0.717) is 15.4 Å². The first-order valence-corrected chi connectivity index (χ1v) is 8.27. The minimum Gasteiger partial charge on any atom is -0.456 e. The Morgan fingerprint density at radius 2 is 1.52 bits per heavy atom. The number of hydrogen-bond donors (Lipinski definition) is 0. The van der Waals surface area contributed by atoms with Crippen LogP contribution in [-0.4, -0.2) is 0 Å². The first-order valence-electron chi connectivity index (χ1n) is 6.39. The predicted molar refractivity (Wildman–Crippen MR) is 93.1 cm³/mol. The van der Waals surface area contributed by atoms with Crippen molar-refractivity contribution in [2.75, 3.05) is 0 Å². The molecule has 0 saturated heterocycles. The van der Waals surface area contributed by atoms with Gasteiger partial charge in [0.25, 0.3) is 0 Å². The molecule has 0 fully saturated rings. The molecule has 0 atom stereocenters. The Balaban J connectivity index is 2.11. The summed E-state index contributed by atoms with van der Waals surface area (Å²) in [5.74, 6) is 1.51. The average molecular weight is 382 g/mol. The number of ether oxygens (including phenoxy) is 1. The molecule has 0 aromatic heterocycles. The van der Waals surface area contributed by atoms with Gasteiger partial charge in [-0.1, -0.05) is 69.5 Å². The van der Waals surface area contributed by atoms with E-state index in [1.165, 1.54) is 0 Å². The van der Waals surface area contributed by atoms with E-state index in [0.717, 1.165) is 27.8 Å². The molecular formula is C17H11BrCl2O. The lowest BCUT2D eigenvalue weighted by Crippen LogP contribution is -1.91. The van der Waals surface area contributed by atoms with Crippen LogP contribution in [0, 0.1) is 0 Å². The quantitative estimate of drug-likeness (QED) is 0.451. The largest absolute Gasteiger partial charge is 0.456 e. The van der Waals surface area contributed by atoms with E-state index in [2.05, 4.69) is 15.9 Å². The number of fused-ring (bicyclic) bond motifs is 1. The zero-order valence-electron chi connectivity index (χ0n) is 10.9. The summed E-state index contributed by atoms with van der Waals surface area (Å²) in [6, 6.07) is 17.3. The third-order valence-electron chi connectivity index (χ3n) is 3.26. The van der Waals surface area contributed by atoms with Gasteiger partial charge in [0.05, 0.1) is 0 Å². The van der Waals surface area contributed by atoms with Crippen LogP contribution in [0.2, 0.25) is 10.0 Å². The van der Waals surface area contributed by atoms with Gasteiger partial charge in [0.1, 0.15) is 11.5 Å². The molecule has 0 unspecified atom stereocenters. The van der Waals surface area contributed by atoms with E-state index in [-0.39, 0.29) is 0 Å². The second-order valence-corrected chi connectivity index (χ2v) is 5.92. The molecule has 0 N–H and O–H groups in total.